The van der Waals surface area contributed by atoms with Crippen molar-refractivity contribution < 1.29 is 10.0 Å². The molecule has 0 heterocycles. The SMILES string of the molecule is CCC(CCO)Nc1cccc(NN)c1[N+](=O)[O-]. The molecule has 0 spiro atoms. The molecule has 1 unspecified atom stereocenters. The summed E-state index contributed by atoms with van der Waals surface area (Å²) in [6.07, 6.45) is 1.30. The van der Waals surface area contributed by atoms with E-state index in [9.17, 15) is 10.1 Å². The number of benzene rings is 1. The van der Waals surface area contributed by atoms with Gasteiger partial charge in [0.1, 0.15) is 11.4 Å². The average Bonchev–Trinajstić information content (AvgIpc) is 2.37. The van der Waals surface area contributed by atoms with Gasteiger partial charge in [-0.15, -0.1) is 0 Å². The lowest BCUT2D eigenvalue weighted by molar-refractivity contribution is -0.383. The Morgan fingerprint density at radius 2 is 2.17 bits per heavy atom. The average molecular weight is 254 g/mol. The molecule has 0 aliphatic rings. The van der Waals surface area contributed by atoms with Crippen LogP contribution in [0.4, 0.5) is 17.1 Å². The number of nitro benzene ring substituents is 1. The Balaban J connectivity index is 3.03. The number of nitrogen functional groups attached to an aromatic ring is 1. The Morgan fingerprint density at radius 1 is 1.50 bits per heavy atom. The molecule has 0 bridgehead atoms. The zero-order valence-corrected chi connectivity index (χ0v) is 10.2. The molecule has 0 aliphatic heterocycles. The summed E-state index contributed by atoms with van der Waals surface area (Å²) >= 11 is 0. The first-order chi connectivity index (χ1) is 8.63. The molecular formula is C11H18N4O3. The van der Waals surface area contributed by atoms with Crippen LogP contribution in [0.25, 0.3) is 0 Å². The highest BCUT2D eigenvalue weighted by Gasteiger charge is 2.20. The molecule has 1 rings (SSSR count). The molecule has 0 fully saturated rings. The molecule has 7 nitrogen and oxygen atoms in total. The Bertz CT molecular complexity index is 411. The molecule has 5 N–H and O–H groups in total. The number of aliphatic hydroxyl groups excluding tert-OH is 1. The largest absolute Gasteiger partial charge is 0.396 e. The van der Waals surface area contributed by atoms with Crippen LogP contribution < -0.4 is 16.6 Å². The molecule has 0 radical (unpaired) electrons. The topological polar surface area (TPSA) is 113 Å². The van der Waals surface area contributed by atoms with Gasteiger partial charge in [0.2, 0.25) is 0 Å². The first kappa shape index (κ1) is 14.2. The van der Waals surface area contributed by atoms with Crippen molar-refractivity contribution in [1.29, 1.82) is 0 Å². The predicted octanol–water partition coefficient (Wildman–Crippen LogP) is 1.45. The molecular weight excluding hydrogens is 236 g/mol. The lowest BCUT2D eigenvalue weighted by Gasteiger charge is -2.17. The number of nitro groups is 1. The second-order valence-corrected chi connectivity index (χ2v) is 3.86. The highest BCUT2D eigenvalue weighted by atomic mass is 16.6. The van der Waals surface area contributed by atoms with Crippen LogP contribution >= 0.6 is 0 Å². The third kappa shape index (κ3) is 3.31. The number of para-hydroxylation sites is 1. The molecule has 100 valence electrons. The van der Waals surface area contributed by atoms with E-state index in [-0.39, 0.29) is 24.0 Å². The number of hydrogen-bond acceptors (Lipinski definition) is 6. The number of nitrogens with zero attached hydrogens (tertiary/aromatic N) is 1. The molecule has 0 aliphatic carbocycles. The van der Waals surface area contributed by atoms with E-state index in [0.29, 0.717) is 12.1 Å². The van der Waals surface area contributed by atoms with Gasteiger partial charge >= 0.3 is 5.69 Å². The van der Waals surface area contributed by atoms with Crippen LogP contribution in [0.3, 0.4) is 0 Å². The van der Waals surface area contributed by atoms with Gasteiger partial charge in [-0.05, 0) is 25.0 Å². The number of nitrogens with two attached hydrogens (primary N) is 1. The van der Waals surface area contributed by atoms with Crippen molar-refractivity contribution in [3.8, 4) is 0 Å². The summed E-state index contributed by atoms with van der Waals surface area (Å²) in [5.74, 6) is 5.26. The molecule has 1 atom stereocenters. The monoisotopic (exact) mass is 254 g/mol. The second kappa shape index (κ2) is 6.77. The number of nitrogens with one attached hydrogen (secondary N) is 2. The Morgan fingerprint density at radius 3 is 2.67 bits per heavy atom. The van der Waals surface area contributed by atoms with Crippen molar-refractivity contribution >= 4 is 17.1 Å². The lowest BCUT2D eigenvalue weighted by Crippen LogP contribution is -2.21. The summed E-state index contributed by atoms with van der Waals surface area (Å²) in [5, 5.41) is 23.0. The molecule has 0 saturated heterocycles. The van der Waals surface area contributed by atoms with Crippen LogP contribution in [0.2, 0.25) is 0 Å². The smallest absolute Gasteiger partial charge is 0.316 e. The zero-order chi connectivity index (χ0) is 13.5. The van der Waals surface area contributed by atoms with Crippen molar-refractivity contribution in [2.24, 2.45) is 5.84 Å². The Kier molecular flexibility index (Phi) is 5.34. The summed E-state index contributed by atoms with van der Waals surface area (Å²) in [5.41, 5.74) is 2.88. The van der Waals surface area contributed by atoms with E-state index in [1.807, 2.05) is 6.92 Å². The van der Waals surface area contributed by atoms with Crippen LogP contribution in [0.1, 0.15) is 19.8 Å². The van der Waals surface area contributed by atoms with E-state index in [0.717, 1.165) is 6.42 Å². The molecule has 1 aromatic rings. The molecule has 0 aromatic heterocycles. The number of hydrazine groups is 1. The van der Waals surface area contributed by atoms with Crippen molar-refractivity contribution in [3.63, 3.8) is 0 Å². The summed E-state index contributed by atoms with van der Waals surface area (Å²) in [7, 11) is 0. The van der Waals surface area contributed by atoms with Gasteiger partial charge in [0, 0.05) is 12.6 Å². The predicted molar refractivity (Wildman–Crippen MR) is 70.3 cm³/mol. The summed E-state index contributed by atoms with van der Waals surface area (Å²) in [6.45, 7) is 1.98. The van der Waals surface area contributed by atoms with E-state index in [1.165, 1.54) is 6.07 Å². The number of anilines is 2. The Labute approximate surface area is 105 Å². The maximum Gasteiger partial charge on any atom is 0.316 e. The summed E-state index contributed by atoms with van der Waals surface area (Å²) in [6, 6.07) is 4.83. The third-order valence-electron chi connectivity index (χ3n) is 2.70. The van der Waals surface area contributed by atoms with Gasteiger partial charge in [0.15, 0.2) is 0 Å². The molecule has 18 heavy (non-hydrogen) atoms. The maximum atomic E-state index is 11.0. The van der Waals surface area contributed by atoms with Crippen molar-refractivity contribution in [1.82, 2.24) is 0 Å². The minimum atomic E-state index is -0.483. The minimum Gasteiger partial charge on any atom is -0.396 e. The Hall–Kier alpha value is -1.86. The zero-order valence-electron chi connectivity index (χ0n) is 10.2. The second-order valence-electron chi connectivity index (χ2n) is 3.86. The van der Waals surface area contributed by atoms with E-state index in [1.54, 1.807) is 12.1 Å². The van der Waals surface area contributed by atoms with Crippen LogP contribution in [-0.4, -0.2) is 22.7 Å². The van der Waals surface area contributed by atoms with E-state index in [2.05, 4.69) is 10.7 Å². The fourth-order valence-electron chi connectivity index (χ4n) is 1.73. The van der Waals surface area contributed by atoms with Gasteiger partial charge < -0.3 is 15.8 Å². The first-order valence-electron chi connectivity index (χ1n) is 5.75. The standard InChI is InChI=1S/C11H18N4O3/c1-2-8(6-7-16)13-9-4-3-5-10(14-12)11(9)15(17)18/h3-5,8,13-14,16H,2,6-7,12H2,1H3. The molecule has 1 aromatic carbocycles. The van der Waals surface area contributed by atoms with Gasteiger partial charge in [-0.25, -0.2) is 0 Å². The molecule has 0 saturated carbocycles. The minimum absolute atomic E-state index is 0.0123. The van der Waals surface area contributed by atoms with E-state index in [4.69, 9.17) is 10.9 Å². The van der Waals surface area contributed by atoms with Crippen LogP contribution in [0, 0.1) is 10.1 Å². The fourth-order valence-corrected chi connectivity index (χ4v) is 1.73. The molecule has 0 amide bonds. The number of aliphatic hydroxyl groups is 1. The fraction of sp³-hybridized carbons (Fsp3) is 0.455. The van der Waals surface area contributed by atoms with Gasteiger partial charge in [-0.1, -0.05) is 13.0 Å². The molecule has 7 heteroatoms. The van der Waals surface area contributed by atoms with Gasteiger partial charge in [0.05, 0.1) is 4.92 Å². The summed E-state index contributed by atoms with van der Waals surface area (Å²) in [4.78, 5) is 10.6. The highest BCUT2D eigenvalue weighted by Crippen LogP contribution is 2.32. The van der Waals surface area contributed by atoms with Gasteiger partial charge in [-0.2, -0.15) is 0 Å². The van der Waals surface area contributed by atoms with Crippen LogP contribution in [0.15, 0.2) is 18.2 Å². The van der Waals surface area contributed by atoms with Crippen LogP contribution in [0.5, 0.6) is 0 Å². The van der Waals surface area contributed by atoms with Crippen LogP contribution in [-0.2, 0) is 0 Å². The van der Waals surface area contributed by atoms with Gasteiger partial charge in [0.25, 0.3) is 0 Å². The highest BCUT2D eigenvalue weighted by molar-refractivity contribution is 5.76. The van der Waals surface area contributed by atoms with Crippen molar-refractivity contribution in [3.05, 3.63) is 28.3 Å². The third-order valence-corrected chi connectivity index (χ3v) is 2.70. The van der Waals surface area contributed by atoms with E-state index >= 15 is 0 Å². The lowest BCUT2D eigenvalue weighted by atomic mass is 10.1. The normalized spacial score (nSPS) is 11.9. The van der Waals surface area contributed by atoms with E-state index < -0.39 is 4.92 Å². The van der Waals surface area contributed by atoms with Gasteiger partial charge in [-0.3, -0.25) is 16.0 Å². The summed E-state index contributed by atoms with van der Waals surface area (Å²) < 4.78 is 0. The number of hydrogen-bond donors (Lipinski definition) is 4. The maximum absolute atomic E-state index is 11.0. The van der Waals surface area contributed by atoms with Crippen molar-refractivity contribution in [2.45, 2.75) is 25.8 Å². The quantitative estimate of drug-likeness (QED) is 0.333. The van der Waals surface area contributed by atoms with Crippen molar-refractivity contribution in [2.75, 3.05) is 17.3 Å². The first-order valence-corrected chi connectivity index (χ1v) is 5.75. The number of rotatable bonds is 7.